The number of benzene rings is 1. The van der Waals surface area contributed by atoms with Gasteiger partial charge in [0.15, 0.2) is 0 Å². The fourth-order valence-corrected chi connectivity index (χ4v) is 4.04. The number of pyridine rings is 1. The summed E-state index contributed by atoms with van der Waals surface area (Å²) >= 11 is 0. The standard InChI is InChI=1S/C19H26N2/c1-13-10-16(12-19(3,4)11-13)21-17-7-5-6-15-9-8-14(2)20-18(15)17/h5-9,13,16,21H,10-12H2,1-4H3. The number of nitrogens with zero attached hydrogens (tertiary/aromatic N) is 1. The molecule has 0 aliphatic heterocycles. The molecule has 0 radical (unpaired) electrons. The van der Waals surface area contributed by atoms with Gasteiger partial charge in [0.25, 0.3) is 0 Å². The topological polar surface area (TPSA) is 24.9 Å². The molecule has 1 saturated carbocycles. The highest BCUT2D eigenvalue weighted by molar-refractivity contribution is 5.90. The van der Waals surface area contributed by atoms with Gasteiger partial charge in [0.05, 0.1) is 11.2 Å². The fraction of sp³-hybridized carbons (Fsp3) is 0.526. The lowest BCUT2D eigenvalue weighted by Crippen LogP contribution is -2.35. The summed E-state index contributed by atoms with van der Waals surface area (Å²) < 4.78 is 0. The average Bonchev–Trinajstić information content (AvgIpc) is 2.37. The first-order valence-electron chi connectivity index (χ1n) is 8.06. The third kappa shape index (κ3) is 3.20. The van der Waals surface area contributed by atoms with Crippen LogP contribution in [0.5, 0.6) is 0 Å². The van der Waals surface area contributed by atoms with Crippen LogP contribution in [0, 0.1) is 18.3 Å². The molecule has 21 heavy (non-hydrogen) atoms. The molecule has 1 aliphatic rings. The van der Waals surface area contributed by atoms with Gasteiger partial charge in [0.1, 0.15) is 0 Å². The van der Waals surface area contributed by atoms with Crippen LogP contribution in [-0.2, 0) is 0 Å². The third-order valence-corrected chi connectivity index (χ3v) is 4.61. The van der Waals surface area contributed by atoms with Crippen molar-refractivity contribution < 1.29 is 0 Å². The average molecular weight is 282 g/mol. The summed E-state index contributed by atoms with van der Waals surface area (Å²) in [6.45, 7) is 9.22. The Bertz CT molecular complexity index is 645. The Morgan fingerprint density at radius 3 is 2.71 bits per heavy atom. The fourth-order valence-electron chi connectivity index (χ4n) is 4.04. The summed E-state index contributed by atoms with van der Waals surface area (Å²) in [4.78, 5) is 4.73. The van der Waals surface area contributed by atoms with E-state index in [4.69, 9.17) is 4.98 Å². The molecule has 1 heterocycles. The molecular weight excluding hydrogens is 256 g/mol. The van der Waals surface area contributed by atoms with Crippen LogP contribution in [0.1, 0.15) is 45.7 Å². The Morgan fingerprint density at radius 1 is 1.14 bits per heavy atom. The summed E-state index contributed by atoms with van der Waals surface area (Å²) in [6.07, 6.45) is 3.82. The smallest absolute Gasteiger partial charge is 0.0936 e. The van der Waals surface area contributed by atoms with E-state index in [0.717, 1.165) is 17.1 Å². The summed E-state index contributed by atoms with van der Waals surface area (Å²) in [7, 11) is 0. The third-order valence-electron chi connectivity index (χ3n) is 4.61. The van der Waals surface area contributed by atoms with Crippen LogP contribution in [0.2, 0.25) is 0 Å². The summed E-state index contributed by atoms with van der Waals surface area (Å²) in [5, 5.41) is 4.99. The number of fused-ring (bicyclic) bond motifs is 1. The molecule has 2 aromatic rings. The van der Waals surface area contributed by atoms with Crippen LogP contribution in [0.25, 0.3) is 10.9 Å². The van der Waals surface area contributed by atoms with E-state index in [1.165, 1.54) is 30.3 Å². The number of aryl methyl sites for hydroxylation is 1. The minimum absolute atomic E-state index is 0.434. The Hall–Kier alpha value is -1.57. The molecular formula is C19H26N2. The molecule has 1 aromatic heterocycles. The Balaban J connectivity index is 1.89. The maximum absolute atomic E-state index is 4.73. The van der Waals surface area contributed by atoms with Crippen molar-refractivity contribution in [3.05, 3.63) is 36.0 Å². The lowest BCUT2D eigenvalue weighted by molar-refractivity contribution is 0.178. The van der Waals surface area contributed by atoms with Crippen LogP contribution >= 0.6 is 0 Å². The Labute approximate surface area is 128 Å². The number of hydrogen-bond acceptors (Lipinski definition) is 2. The van der Waals surface area contributed by atoms with Crippen molar-refractivity contribution >= 4 is 16.6 Å². The SMILES string of the molecule is Cc1ccc2cccc(NC3CC(C)CC(C)(C)C3)c2n1. The number of hydrogen-bond donors (Lipinski definition) is 1. The van der Waals surface area contributed by atoms with Crippen molar-refractivity contribution in [2.45, 2.75) is 53.0 Å². The molecule has 1 fully saturated rings. The monoisotopic (exact) mass is 282 g/mol. The largest absolute Gasteiger partial charge is 0.381 e. The zero-order valence-electron chi connectivity index (χ0n) is 13.6. The van der Waals surface area contributed by atoms with Gasteiger partial charge < -0.3 is 5.32 Å². The maximum atomic E-state index is 4.73. The minimum atomic E-state index is 0.434. The van der Waals surface area contributed by atoms with Crippen molar-refractivity contribution in [2.75, 3.05) is 5.32 Å². The number of para-hydroxylation sites is 1. The first-order valence-corrected chi connectivity index (χ1v) is 8.06. The molecule has 2 heteroatoms. The maximum Gasteiger partial charge on any atom is 0.0936 e. The summed E-state index contributed by atoms with van der Waals surface area (Å²) in [6, 6.07) is 11.2. The van der Waals surface area contributed by atoms with E-state index < -0.39 is 0 Å². The second kappa shape index (κ2) is 5.32. The predicted octanol–water partition coefficient (Wildman–Crippen LogP) is 5.17. The van der Waals surface area contributed by atoms with E-state index in [0.29, 0.717) is 11.5 Å². The molecule has 1 aromatic carbocycles. The highest BCUT2D eigenvalue weighted by atomic mass is 14.9. The number of rotatable bonds is 2. The van der Waals surface area contributed by atoms with E-state index >= 15 is 0 Å². The highest BCUT2D eigenvalue weighted by Gasteiger charge is 2.32. The van der Waals surface area contributed by atoms with Gasteiger partial charge in [0.2, 0.25) is 0 Å². The minimum Gasteiger partial charge on any atom is -0.381 e. The summed E-state index contributed by atoms with van der Waals surface area (Å²) in [5.74, 6) is 0.788. The van der Waals surface area contributed by atoms with Crippen LogP contribution in [0.4, 0.5) is 5.69 Å². The van der Waals surface area contributed by atoms with Crippen molar-refractivity contribution in [3.63, 3.8) is 0 Å². The van der Waals surface area contributed by atoms with Gasteiger partial charge in [-0.3, -0.25) is 4.98 Å². The first-order chi connectivity index (χ1) is 9.93. The Morgan fingerprint density at radius 2 is 1.95 bits per heavy atom. The quantitative estimate of drug-likeness (QED) is 0.822. The molecule has 0 bridgehead atoms. The molecule has 2 atom stereocenters. The normalized spacial score (nSPS) is 25.0. The van der Waals surface area contributed by atoms with Crippen LogP contribution in [0.15, 0.2) is 30.3 Å². The summed E-state index contributed by atoms with van der Waals surface area (Å²) in [5.41, 5.74) is 3.80. The van der Waals surface area contributed by atoms with Crippen molar-refractivity contribution in [1.29, 1.82) is 0 Å². The molecule has 0 saturated heterocycles. The van der Waals surface area contributed by atoms with Gasteiger partial charge >= 0.3 is 0 Å². The van der Waals surface area contributed by atoms with Gasteiger partial charge in [-0.2, -0.15) is 0 Å². The molecule has 2 unspecified atom stereocenters. The second-order valence-corrected chi connectivity index (χ2v) is 7.58. The molecule has 1 N–H and O–H groups in total. The van der Waals surface area contributed by atoms with Crippen LogP contribution in [0.3, 0.4) is 0 Å². The lowest BCUT2D eigenvalue weighted by atomic mass is 9.70. The van der Waals surface area contributed by atoms with Gasteiger partial charge in [-0.05, 0) is 49.7 Å². The second-order valence-electron chi connectivity index (χ2n) is 7.58. The van der Waals surface area contributed by atoms with Gasteiger partial charge in [-0.25, -0.2) is 0 Å². The van der Waals surface area contributed by atoms with E-state index in [1.807, 2.05) is 0 Å². The zero-order chi connectivity index (χ0) is 15.0. The van der Waals surface area contributed by atoms with E-state index in [9.17, 15) is 0 Å². The predicted molar refractivity (Wildman–Crippen MR) is 90.7 cm³/mol. The number of anilines is 1. The van der Waals surface area contributed by atoms with Crippen molar-refractivity contribution in [3.8, 4) is 0 Å². The van der Waals surface area contributed by atoms with Gasteiger partial charge in [-0.1, -0.05) is 39.0 Å². The van der Waals surface area contributed by atoms with E-state index in [-0.39, 0.29) is 0 Å². The van der Waals surface area contributed by atoms with Crippen LogP contribution < -0.4 is 5.32 Å². The van der Waals surface area contributed by atoms with Crippen molar-refractivity contribution in [1.82, 2.24) is 4.98 Å². The molecule has 3 rings (SSSR count). The van der Waals surface area contributed by atoms with Gasteiger partial charge in [-0.15, -0.1) is 0 Å². The molecule has 0 amide bonds. The molecule has 112 valence electrons. The molecule has 1 aliphatic carbocycles. The lowest BCUT2D eigenvalue weighted by Gasteiger charge is -2.39. The first kappa shape index (κ1) is 14.4. The van der Waals surface area contributed by atoms with E-state index in [2.05, 4.69) is 63.3 Å². The van der Waals surface area contributed by atoms with Gasteiger partial charge in [0, 0.05) is 17.1 Å². The number of aromatic nitrogens is 1. The van der Waals surface area contributed by atoms with Crippen LogP contribution in [-0.4, -0.2) is 11.0 Å². The van der Waals surface area contributed by atoms with Crippen molar-refractivity contribution in [2.24, 2.45) is 11.3 Å². The molecule has 2 nitrogen and oxygen atoms in total. The number of nitrogens with one attached hydrogen (secondary N) is 1. The Kier molecular flexibility index (Phi) is 3.64. The highest BCUT2D eigenvalue weighted by Crippen LogP contribution is 2.40. The zero-order valence-corrected chi connectivity index (χ0v) is 13.6. The van der Waals surface area contributed by atoms with E-state index in [1.54, 1.807) is 0 Å². The molecule has 0 spiro atoms.